The molecule has 0 amide bonds. The monoisotopic (exact) mass is 158 g/mol. The van der Waals surface area contributed by atoms with E-state index in [2.05, 4.69) is 4.98 Å². The van der Waals surface area contributed by atoms with Crippen molar-refractivity contribution in [3.8, 4) is 0 Å². The Morgan fingerprint density at radius 1 is 1.45 bits per heavy atom. The molecule has 0 aliphatic heterocycles. The van der Waals surface area contributed by atoms with E-state index < -0.39 is 12.5 Å². The van der Waals surface area contributed by atoms with Crippen molar-refractivity contribution in [2.45, 2.75) is 12.5 Å². The summed E-state index contributed by atoms with van der Waals surface area (Å²) in [6, 6.07) is 1.89. The lowest BCUT2D eigenvalue weighted by atomic mass is 10.1. The molecule has 1 heterocycles. The molecule has 1 aromatic rings. The van der Waals surface area contributed by atoms with Crippen LogP contribution in [0, 0.1) is 0 Å². The van der Waals surface area contributed by atoms with Crippen molar-refractivity contribution in [2.75, 3.05) is 0 Å². The third-order valence-electron chi connectivity index (χ3n) is 1.34. The largest absolute Gasteiger partial charge is 0.319 e. The third-order valence-corrected chi connectivity index (χ3v) is 1.34. The molecule has 0 saturated carbocycles. The first-order chi connectivity index (χ1) is 5.22. The lowest BCUT2D eigenvalue weighted by Crippen LogP contribution is -2.18. The summed E-state index contributed by atoms with van der Waals surface area (Å²) in [6.45, 7) is 0. The molecular weight excluding hydrogens is 150 g/mol. The zero-order valence-electron chi connectivity index (χ0n) is 5.74. The summed E-state index contributed by atoms with van der Waals surface area (Å²) < 4.78 is 23.9. The summed E-state index contributed by atoms with van der Waals surface area (Å²) in [5, 5.41) is 0. The molecule has 0 radical (unpaired) electrons. The van der Waals surface area contributed by atoms with Crippen molar-refractivity contribution in [2.24, 2.45) is 5.73 Å². The van der Waals surface area contributed by atoms with Crippen LogP contribution in [0.5, 0.6) is 0 Å². The molecule has 0 aromatic carbocycles. The molecule has 0 aliphatic rings. The zero-order valence-corrected chi connectivity index (χ0v) is 5.74. The molecular formula is C7H8F2N2. The quantitative estimate of drug-likeness (QED) is 0.705. The Morgan fingerprint density at radius 2 is 2.18 bits per heavy atom. The highest BCUT2D eigenvalue weighted by molar-refractivity contribution is 5.13. The molecule has 1 atom stereocenters. The van der Waals surface area contributed by atoms with Gasteiger partial charge >= 0.3 is 0 Å². The topological polar surface area (TPSA) is 38.9 Å². The molecule has 0 aliphatic carbocycles. The van der Waals surface area contributed by atoms with Gasteiger partial charge in [-0.3, -0.25) is 4.98 Å². The Hall–Kier alpha value is -1.03. The van der Waals surface area contributed by atoms with Crippen LogP contribution in [0.1, 0.15) is 11.6 Å². The average Bonchev–Trinajstić information content (AvgIpc) is 2.05. The summed E-state index contributed by atoms with van der Waals surface area (Å²) in [7, 11) is 0. The third kappa shape index (κ3) is 1.94. The van der Waals surface area contributed by atoms with Crippen LogP contribution in [0.15, 0.2) is 24.5 Å². The van der Waals surface area contributed by atoms with Gasteiger partial charge in [0.15, 0.2) is 0 Å². The number of hydrogen-bond donors (Lipinski definition) is 1. The van der Waals surface area contributed by atoms with E-state index in [1.54, 1.807) is 6.07 Å². The second kappa shape index (κ2) is 3.39. The predicted octanol–water partition coefficient (Wildman–Crippen LogP) is 1.35. The van der Waals surface area contributed by atoms with E-state index in [1.165, 1.54) is 18.5 Å². The summed E-state index contributed by atoms with van der Waals surface area (Å²) in [5.41, 5.74) is 5.51. The van der Waals surface area contributed by atoms with Crippen LogP contribution in [0.3, 0.4) is 0 Å². The lowest BCUT2D eigenvalue weighted by Gasteiger charge is -2.08. The van der Waals surface area contributed by atoms with Gasteiger partial charge in [-0.1, -0.05) is 6.07 Å². The maximum Gasteiger partial charge on any atom is 0.257 e. The number of nitrogens with zero attached hydrogens (tertiary/aromatic N) is 1. The fraction of sp³-hybridized carbons (Fsp3) is 0.286. The van der Waals surface area contributed by atoms with Gasteiger partial charge in [0.25, 0.3) is 6.43 Å². The summed E-state index contributed by atoms with van der Waals surface area (Å²) in [5.74, 6) is 0. The minimum atomic E-state index is -2.53. The highest BCUT2D eigenvalue weighted by atomic mass is 19.3. The van der Waals surface area contributed by atoms with Crippen molar-refractivity contribution in [1.82, 2.24) is 4.98 Å². The second-order valence-electron chi connectivity index (χ2n) is 2.15. The molecule has 2 N–H and O–H groups in total. The number of halogens is 2. The number of aromatic nitrogens is 1. The van der Waals surface area contributed by atoms with Gasteiger partial charge in [-0.2, -0.15) is 0 Å². The first-order valence-corrected chi connectivity index (χ1v) is 3.15. The van der Waals surface area contributed by atoms with Crippen molar-refractivity contribution < 1.29 is 8.78 Å². The molecule has 2 nitrogen and oxygen atoms in total. The highest BCUT2D eigenvalue weighted by Gasteiger charge is 2.16. The van der Waals surface area contributed by atoms with Gasteiger partial charge < -0.3 is 5.73 Å². The van der Waals surface area contributed by atoms with Gasteiger partial charge in [-0.25, -0.2) is 8.78 Å². The maximum absolute atomic E-state index is 12.0. The van der Waals surface area contributed by atoms with Crippen LogP contribution in [0.4, 0.5) is 8.78 Å². The van der Waals surface area contributed by atoms with Gasteiger partial charge in [0.1, 0.15) is 0 Å². The van der Waals surface area contributed by atoms with Crippen molar-refractivity contribution in [1.29, 1.82) is 0 Å². The van der Waals surface area contributed by atoms with E-state index in [1.807, 2.05) is 0 Å². The highest BCUT2D eigenvalue weighted by Crippen LogP contribution is 2.15. The Labute approximate surface area is 63.1 Å². The number of nitrogens with two attached hydrogens (primary N) is 1. The number of hydrogen-bond acceptors (Lipinski definition) is 2. The van der Waals surface area contributed by atoms with Gasteiger partial charge in [-0.05, 0) is 11.6 Å². The fourth-order valence-corrected chi connectivity index (χ4v) is 0.719. The second-order valence-corrected chi connectivity index (χ2v) is 2.15. The van der Waals surface area contributed by atoms with Gasteiger partial charge in [0.05, 0.1) is 6.04 Å². The molecule has 0 bridgehead atoms. The molecule has 1 rings (SSSR count). The van der Waals surface area contributed by atoms with Crippen molar-refractivity contribution in [3.05, 3.63) is 30.1 Å². The SMILES string of the molecule is N[C@H](c1cccnc1)C(F)F. The first kappa shape index (κ1) is 8.07. The van der Waals surface area contributed by atoms with Gasteiger partial charge in [0.2, 0.25) is 0 Å². The predicted molar refractivity (Wildman–Crippen MR) is 37.2 cm³/mol. The molecule has 0 saturated heterocycles. The summed E-state index contributed by atoms with van der Waals surface area (Å²) in [4.78, 5) is 3.67. The standard InChI is InChI=1S/C7H8F2N2/c8-7(9)6(10)5-2-1-3-11-4-5/h1-4,6-7H,10H2/t6-/m1/s1. The van der Waals surface area contributed by atoms with Crippen molar-refractivity contribution >= 4 is 0 Å². The normalized spacial score (nSPS) is 13.5. The number of rotatable bonds is 2. The van der Waals surface area contributed by atoms with Crippen LogP contribution in [0.25, 0.3) is 0 Å². The van der Waals surface area contributed by atoms with Gasteiger partial charge in [-0.15, -0.1) is 0 Å². The number of pyridine rings is 1. The Morgan fingerprint density at radius 3 is 2.64 bits per heavy atom. The van der Waals surface area contributed by atoms with Crippen LogP contribution in [0.2, 0.25) is 0 Å². The van der Waals surface area contributed by atoms with Gasteiger partial charge in [0, 0.05) is 12.4 Å². The molecule has 0 unspecified atom stereocenters. The van der Waals surface area contributed by atoms with E-state index >= 15 is 0 Å². The molecule has 11 heavy (non-hydrogen) atoms. The summed E-state index contributed by atoms with van der Waals surface area (Å²) >= 11 is 0. The van der Waals surface area contributed by atoms with E-state index in [-0.39, 0.29) is 0 Å². The van der Waals surface area contributed by atoms with E-state index in [0.717, 1.165) is 0 Å². The van der Waals surface area contributed by atoms with Crippen LogP contribution in [-0.2, 0) is 0 Å². The molecule has 60 valence electrons. The smallest absolute Gasteiger partial charge is 0.257 e. The van der Waals surface area contributed by atoms with E-state index in [0.29, 0.717) is 5.56 Å². The molecule has 0 fully saturated rings. The zero-order chi connectivity index (χ0) is 8.27. The van der Waals surface area contributed by atoms with Crippen molar-refractivity contribution in [3.63, 3.8) is 0 Å². The number of alkyl halides is 2. The average molecular weight is 158 g/mol. The Balaban J connectivity index is 2.77. The Kier molecular flexibility index (Phi) is 2.48. The minimum absolute atomic E-state index is 0.363. The lowest BCUT2D eigenvalue weighted by molar-refractivity contribution is 0.116. The van der Waals surface area contributed by atoms with Crippen LogP contribution >= 0.6 is 0 Å². The van der Waals surface area contributed by atoms with Crippen LogP contribution < -0.4 is 5.73 Å². The Bertz CT molecular complexity index is 213. The molecule has 0 spiro atoms. The molecule has 4 heteroatoms. The fourth-order valence-electron chi connectivity index (χ4n) is 0.719. The summed E-state index contributed by atoms with van der Waals surface area (Å²) in [6.07, 6.45) is 0.331. The molecule has 1 aromatic heterocycles. The minimum Gasteiger partial charge on any atom is -0.319 e. The van der Waals surface area contributed by atoms with Crippen LogP contribution in [-0.4, -0.2) is 11.4 Å². The van der Waals surface area contributed by atoms with E-state index in [4.69, 9.17) is 5.73 Å². The van der Waals surface area contributed by atoms with E-state index in [9.17, 15) is 8.78 Å². The maximum atomic E-state index is 12.0. The first-order valence-electron chi connectivity index (χ1n) is 3.15.